The molecule has 0 atom stereocenters. The fraction of sp³-hybridized carbons (Fsp3) is 0.400. The first-order valence-corrected chi connectivity index (χ1v) is 9.92. The molecular formula is C20H23BrN2O4. The number of aromatic nitrogens is 2. The van der Waals surface area contributed by atoms with Crippen LogP contribution in [0.2, 0.25) is 0 Å². The van der Waals surface area contributed by atoms with Crippen LogP contribution in [0.3, 0.4) is 0 Å². The van der Waals surface area contributed by atoms with Gasteiger partial charge in [0, 0.05) is 4.47 Å². The van der Waals surface area contributed by atoms with Gasteiger partial charge in [0.1, 0.15) is 16.6 Å². The van der Waals surface area contributed by atoms with E-state index in [9.17, 15) is 0 Å². The Morgan fingerprint density at radius 1 is 0.667 bits per heavy atom. The van der Waals surface area contributed by atoms with E-state index < -0.39 is 0 Å². The largest absolute Gasteiger partial charge is 0.488 e. The molecule has 0 fully saturated rings. The van der Waals surface area contributed by atoms with Crippen LogP contribution in [0.5, 0.6) is 23.0 Å². The van der Waals surface area contributed by atoms with Gasteiger partial charge < -0.3 is 18.9 Å². The molecule has 0 aliphatic heterocycles. The van der Waals surface area contributed by atoms with Crippen molar-refractivity contribution in [2.75, 3.05) is 26.4 Å². The first kappa shape index (κ1) is 19.5. The van der Waals surface area contributed by atoms with E-state index in [0.717, 1.165) is 15.5 Å². The molecule has 1 heterocycles. The molecule has 0 spiro atoms. The Balaban J connectivity index is 2.48. The van der Waals surface area contributed by atoms with Gasteiger partial charge in [0.15, 0.2) is 11.5 Å². The molecule has 0 N–H and O–H groups in total. The number of hydrogen-bond acceptors (Lipinski definition) is 6. The molecule has 7 heteroatoms. The highest BCUT2D eigenvalue weighted by Crippen LogP contribution is 2.50. The summed E-state index contributed by atoms with van der Waals surface area (Å²) in [7, 11) is 0. The minimum Gasteiger partial charge on any atom is -0.488 e. The van der Waals surface area contributed by atoms with E-state index >= 15 is 0 Å². The molecule has 0 bridgehead atoms. The molecule has 3 aromatic rings. The highest BCUT2D eigenvalue weighted by atomic mass is 79.9. The molecule has 0 saturated heterocycles. The standard InChI is InChI=1S/C20H23BrN2O4/c1-5-24-17-15-16(23-14-12(21)10-9-11-13(14)22-15)18(25-6-2)20(27-8-4)19(17)26-7-3/h9-11H,5-8H2,1-4H3. The molecule has 27 heavy (non-hydrogen) atoms. The fourth-order valence-electron chi connectivity index (χ4n) is 2.89. The van der Waals surface area contributed by atoms with Crippen molar-refractivity contribution in [1.29, 1.82) is 0 Å². The zero-order valence-corrected chi connectivity index (χ0v) is 17.6. The van der Waals surface area contributed by atoms with E-state index in [0.29, 0.717) is 60.5 Å². The van der Waals surface area contributed by atoms with Crippen molar-refractivity contribution < 1.29 is 18.9 Å². The van der Waals surface area contributed by atoms with Gasteiger partial charge in [-0.15, -0.1) is 0 Å². The summed E-state index contributed by atoms with van der Waals surface area (Å²) in [6, 6.07) is 5.78. The van der Waals surface area contributed by atoms with Gasteiger partial charge in [-0.25, -0.2) is 9.97 Å². The van der Waals surface area contributed by atoms with Crippen molar-refractivity contribution in [2.24, 2.45) is 0 Å². The maximum atomic E-state index is 5.93. The fourth-order valence-corrected chi connectivity index (χ4v) is 3.33. The lowest BCUT2D eigenvalue weighted by Crippen LogP contribution is -2.07. The summed E-state index contributed by atoms with van der Waals surface area (Å²) < 4.78 is 24.5. The van der Waals surface area contributed by atoms with Crippen LogP contribution in [0.1, 0.15) is 27.7 Å². The maximum Gasteiger partial charge on any atom is 0.210 e. The van der Waals surface area contributed by atoms with Crippen LogP contribution in [-0.4, -0.2) is 36.4 Å². The van der Waals surface area contributed by atoms with Crippen LogP contribution in [0.15, 0.2) is 22.7 Å². The average molecular weight is 435 g/mol. The summed E-state index contributed by atoms with van der Waals surface area (Å²) in [4.78, 5) is 9.64. The first-order valence-electron chi connectivity index (χ1n) is 9.13. The van der Waals surface area contributed by atoms with Crippen LogP contribution >= 0.6 is 15.9 Å². The lowest BCUT2D eigenvalue weighted by Gasteiger charge is -2.20. The van der Waals surface area contributed by atoms with Crippen molar-refractivity contribution in [3.05, 3.63) is 22.7 Å². The van der Waals surface area contributed by atoms with Gasteiger partial charge in [-0.2, -0.15) is 0 Å². The van der Waals surface area contributed by atoms with Crippen LogP contribution in [0.25, 0.3) is 22.1 Å². The Kier molecular flexibility index (Phi) is 6.21. The van der Waals surface area contributed by atoms with Gasteiger partial charge in [-0.1, -0.05) is 6.07 Å². The monoisotopic (exact) mass is 434 g/mol. The number of halogens is 1. The van der Waals surface area contributed by atoms with E-state index in [2.05, 4.69) is 15.9 Å². The Labute approximate surface area is 166 Å². The molecule has 6 nitrogen and oxygen atoms in total. The minimum atomic E-state index is 0.460. The van der Waals surface area contributed by atoms with Gasteiger partial charge >= 0.3 is 0 Å². The van der Waals surface area contributed by atoms with E-state index in [-0.39, 0.29) is 0 Å². The van der Waals surface area contributed by atoms with Gasteiger partial charge in [0.2, 0.25) is 11.5 Å². The molecule has 0 amide bonds. The minimum absolute atomic E-state index is 0.460. The van der Waals surface area contributed by atoms with Crippen molar-refractivity contribution >= 4 is 38.0 Å². The summed E-state index contributed by atoms with van der Waals surface area (Å²) in [6.07, 6.45) is 0. The topological polar surface area (TPSA) is 62.7 Å². The number of rotatable bonds is 8. The van der Waals surface area contributed by atoms with Gasteiger partial charge in [0.05, 0.1) is 31.9 Å². The zero-order valence-electron chi connectivity index (χ0n) is 16.0. The summed E-state index contributed by atoms with van der Waals surface area (Å²) in [5.74, 6) is 2.04. The number of para-hydroxylation sites is 1. The zero-order chi connectivity index (χ0) is 19.4. The van der Waals surface area contributed by atoms with Crippen molar-refractivity contribution in [3.63, 3.8) is 0 Å². The number of hydrogen-bond donors (Lipinski definition) is 0. The van der Waals surface area contributed by atoms with Gasteiger partial charge in [0.25, 0.3) is 0 Å². The lowest BCUT2D eigenvalue weighted by molar-refractivity contribution is 0.247. The Bertz CT molecular complexity index is 962. The Morgan fingerprint density at radius 2 is 1.15 bits per heavy atom. The SMILES string of the molecule is CCOc1c(OCC)c(OCC)c2nc3c(Br)cccc3nc2c1OCC. The molecule has 3 rings (SSSR count). The third-order valence-electron chi connectivity index (χ3n) is 3.85. The normalized spacial score (nSPS) is 11.0. The quantitative estimate of drug-likeness (QED) is 0.457. The molecule has 0 radical (unpaired) electrons. The summed E-state index contributed by atoms with van der Waals surface area (Å²) in [5, 5.41) is 0. The van der Waals surface area contributed by atoms with Crippen LogP contribution in [0, 0.1) is 0 Å². The third kappa shape index (κ3) is 3.60. The third-order valence-corrected chi connectivity index (χ3v) is 4.49. The number of fused-ring (bicyclic) bond motifs is 2. The lowest BCUT2D eigenvalue weighted by atomic mass is 10.2. The predicted octanol–water partition coefficient (Wildman–Crippen LogP) is 5.14. The van der Waals surface area contributed by atoms with E-state index in [4.69, 9.17) is 28.9 Å². The number of nitrogens with zero attached hydrogens (tertiary/aromatic N) is 2. The highest BCUT2D eigenvalue weighted by molar-refractivity contribution is 9.10. The predicted molar refractivity (Wildman–Crippen MR) is 109 cm³/mol. The van der Waals surface area contributed by atoms with Crippen molar-refractivity contribution in [1.82, 2.24) is 9.97 Å². The smallest absolute Gasteiger partial charge is 0.210 e. The second-order valence-corrected chi connectivity index (χ2v) is 6.43. The number of ether oxygens (including phenoxy) is 4. The molecule has 0 unspecified atom stereocenters. The summed E-state index contributed by atoms with van der Waals surface area (Å²) in [5.41, 5.74) is 2.69. The van der Waals surface area contributed by atoms with E-state index in [1.54, 1.807) is 0 Å². The second-order valence-electron chi connectivity index (χ2n) is 5.58. The number of benzene rings is 2. The summed E-state index contributed by atoms with van der Waals surface area (Å²) in [6.45, 7) is 9.52. The molecule has 0 saturated carbocycles. The first-order chi connectivity index (χ1) is 13.2. The Hall–Kier alpha value is -2.28. The molecule has 144 valence electrons. The molecular weight excluding hydrogens is 412 g/mol. The molecule has 2 aromatic carbocycles. The van der Waals surface area contributed by atoms with Crippen LogP contribution in [0.4, 0.5) is 0 Å². The molecule has 0 aliphatic rings. The molecule has 0 aliphatic carbocycles. The van der Waals surface area contributed by atoms with E-state index in [1.165, 1.54) is 0 Å². The van der Waals surface area contributed by atoms with Crippen LogP contribution < -0.4 is 18.9 Å². The Morgan fingerprint density at radius 3 is 1.67 bits per heavy atom. The molecule has 1 aromatic heterocycles. The highest BCUT2D eigenvalue weighted by Gasteiger charge is 2.27. The van der Waals surface area contributed by atoms with Crippen molar-refractivity contribution in [3.8, 4) is 23.0 Å². The van der Waals surface area contributed by atoms with Crippen molar-refractivity contribution in [2.45, 2.75) is 27.7 Å². The van der Waals surface area contributed by atoms with E-state index in [1.807, 2.05) is 45.9 Å². The second kappa shape index (κ2) is 8.61. The average Bonchev–Trinajstić information content (AvgIpc) is 2.66. The maximum absolute atomic E-state index is 5.93. The van der Waals surface area contributed by atoms with Gasteiger partial charge in [-0.05, 0) is 55.8 Å². The van der Waals surface area contributed by atoms with Gasteiger partial charge in [-0.3, -0.25) is 0 Å². The van der Waals surface area contributed by atoms with Crippen LogP contribution in [-0.2, 0) is 0 Å². The summed E-state index contributed by atoms with van der Waals surface area (Å²) >= 11 is 3.55.